The van der Waals surface area contributed by atoms with E-state index in [1.807, 2.05) is 48.5 Å². The van der Waals surface area contributed by atoms with Gasteiger partial charge in [0.15, 0.2) is 0 Å². The van der Waals surface area contributed by atoms with E-state index in [1.54, 1.807) is 7.11 Å². The highest BCUT2D eigenvalue weighted by molar-refractivity contribution is 5.93. The Hall–Kier alpha value is -2.53. The average Bonchev–Trinajstić information content (AvgIpc) is 3.04. The van der Waals surface area contributed by atoms with Crippen LogP contribution in [0, 0.1) is 0 Å². The van der Waals surface area contributed by atoms with Crippen LogP contribution in [0.5, 0.6) is 5.75 Å². The highest BCUT2D eigenvalue weighted by atomic mass is 16.5. The number of likely N-dealkylation sites (N-methyl/N-ethyl adjacent to an activating group) is 1. The molecule has 1 unspecified atom stereocenters. The van der Waals surface area contributed by atoms with Gasteiger partial charge in [-0.05, 0) is 50.2 Å². The second-order valence-corrected chi connectivity index (χ2v) is 6.42. The van der Waals surface area contributed by atoms with Crippen LogP contribution >= 0.6 is 0 Å². The number of carboxylic acid groups (broad SMARTS) is 1. The molecule has 1 fully saturated rings. The van der Waals surface area contributed by atoms with Crippen LogP contribution < -0.4 is 9.64 Å². The lowest BCUT2D eigenvalue weighted by Gasteiger charge is -2.28. The Morgan fingerprint density at radius 3 is 2.64 bits per heavy atom. The molecule has 132 valence electrons. The minimum Gasteiger partial charge on any atom is -0.497 e. The van der Waals surface area contributed by atoms with Crippen LogP contribution in [-0.2, 0) is 0 Å². The third-order valence-electron chi connectivity index (χ3n) is 4.88. The molecular formula is C20H24N2O3. The topological polar surface area (TPSA) is 53.0 Å². The third kappa shape index (κ3) is 3.77. The largest absolute Gasteiger partial charge is 0.497 e. The number of hydrogen-bond acceptors (Lipinski definition) is 3. The van der Waals surface area contributed by atoms with Crippen LogP contribution in [0.2, 0.25) is 0 Å². The first-order valence-electron chi connectivity index (χ1n) is 8.54. The van der Waals surface area contributed by atoms with Crippen molar-refractivity contribution in [2.24, 2.45) is 0 Å². The normalized spacial score (nSPS) is 17.4. The molecule has 0 aromatic heterocycles. The molecule has 1 saturated heterocycles. The molecule has 3 rings (SSSR count). The van der Waals surface area contributed by atoms with Crippen LogP contribution in [0.3, 0.4) is 0 Å². The molecule has 2 aromatic carbocycles. The predicted molar refractivity (Wildman–Crippen MR) is 99.5 cm³/mol. The smallest absolute Gasteiger partial charge is 0.411 e. The van der Waals surface area contributed by atoms with Gasteiger partial charge in [0.05, 0.1) is 12.8 Å². The molecule has 0 aliphatic carbocycles. The summed E-state index contributed by atoms with van der Waals surface area (Å²) in [6.45, 7) is 1.49. The van der Waals surface area contributed by atoms with Crippen molar-refractivity contribution in [3.05, 3.63) is 48.5 Å². The summed E-state index contributed by atoms with van der Waals surface area (Å²) in [5, 5.41) is 9.85. The van der Waals surface area contributed by atoms with Gasteiger partial charge in [0.25, 0.3) is 0 Å². The zero-order valence-corrected chi connectivity index (χ0v) is 14.7. The van der Waals surface area contributed by atoms with E-state index in [9.17, 15) is 9.90 Å². The highest BCUT2D eigenvalue weighted by Crippen LogP contribution is 2.35. The van der Waals surface area contributed by atoms with Crippen molar-refractivity contribution in [1.82, 2.24) is 4.90 Å². The molecule has 1 N–H and O–H groups in total. The molecule has 1 aliphatic heterocycles. The standard InChI is InChI=1S/C20H24N2O3/c1-21-12-6-9-16(21)14-22(20(23)24)19-11-10-17(25-2)13-18(19)15-7-4-3-5-8-15/h3-5,7-8,10-11,13,16H,6,9,12,14H2,1-2H3,(H,23,24). The fourth-order valence-corrected chi connectivity index (χ4v) is 3.43. The molecule has 1 heterocycles. The van der Waals surface area contributed by atoms with Crippen molar-refractivity contribution in [2.45, 2.75) is 18.9 Å². The molecule has 5 heteroatoms. The number of methoxy groups -OCH3 is 1. The average molecular weight is 340 g/mol. The first-order valence-corrected chi connectivity index (χ1v) is 8.54. The minimum atomic E-state index is -0.928. The Kier molecular flexibility index (Phi) is 5.24. The number of hydrogen-bond donors (Lipinski definition) is 1. The Labute approximate surface area is 148 Å². The van der Waals surface area contributed by atoms with Crippen LogP contribution in [0.25, 0.3) is 11.1 Å². The van der Waals surface area contributed by atoms with Crippen molar-refractivity contribution < 1.29 is 14.6 Å². The van der Waals surface area contributed by atoms with Gasteiger partial charge in [-0.15, -0.1) is 0 Å². The van der Waals surface area contributed by atoms with E-state index in [0.29, 0.717) is 18.0 Å². The van der Waals surface area contributed by atoms with Crippen LogP contribution in [0.4, 0.5) is 10.5 Å². The second kappa shape index (κ2) is 7.57. The van der Waals surface area contributed by atoms with Gasteiger partial charge in [0.1, 0.15) is 5.75 Å². The molecular weight excluding hydrogens is 316 g/mol. The number of rotatable bonds is 5. The number of nitrogens with zero attached hydrogens (tertiary/aromatic N) is 2. The fraction of sp³-hybridized carbons (Fsp3) is 0.350. The summed E-state index contributed by atoms with van der Waals surface area (Å²) in [5.74, 6) is 0.714. The molecule has 1 atom stereocenters. The Balaban J connectivity index is 2.02. The van der Waals surface area contributed by atoms with Crippen molar-refractivity contribution >= 4 is 11.8 Å². The van der Waals surface area contributed by atoms with Gasteiger partial charge in [-0.1, -0.05) is 30.3 Å². The van der Waals surface area contributed by atoms with Gasteiger partial charge < -0.3 is 14.7 Å². The number of carbonyl (C=O) groups is 1. The third-order valence-corrected chi connectivity index (χ3v) is 4.88. The van der Waals surface area contributed by atoms with Gasteiger partial charge in [0, 0.05) is 18.2 Å². The van der Waals surface area contributed by atoms with Crippen molar-refractivity contribution in [2.75, 3.05) is 32.1 Å². The SMILES string of the molecule is COc1ccc(N(CC2CCCN2C)C(=O)O)c(-c2ccccc2)c1. The van der Waals surface area contributed by atoms with E-state index in [4.69, 9.17) is 4.74 Å². The molecule has 0 bridgehead atoms. The Morgan fingerprint density at radius 2 is 2.04 bits per heavy atom. The van der Waals surface area contributed by atoms with Crippen LogP contribution in [0.1, 0.15) is 12.8 Å². The number of benzene rings is 2. The van der Waals surface area contributed by atoms with E-state index in [1.165, 1.54) is 4.90 Å². The highest BCUT2D eigenvalue weighted by Gasteiger charge is 2.28. The van der Waals surface area contributed by atoms with Gasteiger partial charge in [0.2, 0.25) is 0 Å². The summed E-state index contributed by atoms with van der Waals surface area (Å²) in [6.07, 6.45) is 1.21. The maximum atomic E-state index is 12.0. The van der Waals surface area contributed by atoms with E-state index >= 15 is 0 Å². The summed E-state index contributed by atoms with van der Waals surface area (Å²) in [5.41, 5.74) is 2.53. The molecule has 0 radical (unpaired) electrons. The zero-order valence-electron chi connectivity index (χ0n) is 14.7. The van der Waals surface area contributed by atoms with Gasteiger partial charge in [-0.25, -0.2) is 4.79 Å². The summed E-state index contributed by atoms with van der Waals surface area (Å²) in [6, 6.07) is 15.6. The van der Waals surface area contributed by atoms with Crippen LogP contribution in [0.15, 0.2) is 48.5 Å². The minimum absolute atomic E-state index is 0.252. The van der Waals surface area contributed by atoms with Gasteiger partial charge >= 0.3 is 6.09 Å². The van der Waals surface area contributed by atoms with E-state index in [-0.39, 0.29) is 6.04 Å². The number of amides is 1. The maximum Gasteiger partial charge on any atom is 0.411 e. The molecule has 25 heavy (non-hydrogen) atoms. The summed E-state index contributed by atoms with van der Waals surface area (Å²) < 4.78 is 5.35. The quantitative estimate of drug-likeness (QED) is 0.896. The molecule has 0 saturated carbocycles. The van der Waals surface area contributed by atoms with E-state index in [2.05, 4.69) is 11.9 Å². The number of anilines is 1. The molecule has 1 aliphatic rings. The Morgan fingerprint density at radius 1 is 1.28 bits per heavy atom. The fourth-order valence-electron chi connectivity index (χ4n) is 3.43. The lowest BCUT2D eigenvalue weighted by Crippen LogP contribution is -2.41. The van der Waals surface area contributed by atoms with Gasteiger partial charge in [-0.2, -0.15) is 0 Å². The number of ether oxygens (including phenoxy) is 1. The molecule has 5 nitrogen and oxygen atoms in total. The monoisotopic (exact) mass is 340 g/mol. The van der Waals surface area contributed by atoms with Gasteiger partial charge in [-0.3, -0.25) is 4.90 Å². The summed E-state index contributed by atoms with van der Waals surface area (Å²) in [7, 11) is 3.68. The van der Waals surface area contributed by atoms with Crippen molar-refractivity contribution in [3.63, 3.8) is 0 Å². The molecule has 2 aromatic rings. The first-order chi connectivity index (χ1) is 12.1. The zero-order chi connectivity index (χ0) is 17.8. The van der Waals surface area contributed by atoms with E-state index in [0.717, 1.165) is 30.5 Å². The lowest BCUT2D eigenvalue weighted by molar-refractivity contribution is 0.198. The Bertz CT molecular complexity index is 733. The lowest BCUT2D eigenvalue weighted by atomic mass is 10.0. The predicted octanol–water partition coefficient (Wildman–Crippen LogP) is 3.94. The summed E-state index contributed by atoms with van der Waals surface area (Å²) >= 11 is 0. The van der Waals surface area contributed by atoms with Crippen molar-refractivity contribution in [1.29, 1.82) is 0 Å². The maximum absolute atomic E-state index is 12.0. The summed E-state index contributed by atoms with van der Waals surface area (Å²) in [4.78, 5) is 15.7. The van der Waals surface area contributed by atoms with E-state index < -0.39 is 6.09 Å². The van der Waals surface area contributed by atoms with Crippen molar-refractivity contribution in [3.8, 4) is 16.9 Å². The number of likely N-dealkylation sites (tertiary alicyclic amines) is 1. The van der Waals surface area contributed by atoms with Crippen LogP contribution in [-0.4, -0.2) is 49.4 Å². The second-order valence-electron chi connectivity index (χ2n) is 6.42. The molecule has 1 amide bonds. The first kappa shape index (κ1) is 17.3. The molecule has 0 spiro atoms.